The minimum absolute atomic E-state index is 0. The normalized spacial score (nSPS) is 15.4. The van der Waals surface area contributed by atoms with Crippen LogP contribution in [0, 0.1) is 0 Å². The van der Waals surface area contributed by atoms with Crippen molar-refractivity contribution in [2.24, 2.45) is 4.99 Å². The molecule has 0 saturated carbocycles. The van der Waals surface area contributed by atoms with Gasteiger partial charge in [0, 0.05) is 30.5 Å². The van der Waals surface area contributed by atoms with E-state index in [4.69, 9.17) is 9.73 Å². The Balaban J connectivity index is 0.00000341. The van der Waals surface area contributed by atoms with Crippen LogP contribution in [0.4, 0.5) is 0 Å². The van der Waals surface area contributed by atoms with Crippen molar-refractivity contribution in [3.8, 4) is 5.75 Å². The molecule has 0 aliphatic carbocycles. The number of benzene rings is 1. The lowest BCUT2D eigenvalue weighted by molar-refractivity contribution is 0.245. The minimum Gasteiger partial charge on any atom is -0.496 e. The number of thiazole rings is 1. The zero-order chi connectivity index (χ0) is 21.2. The average molecular weight is 558 g/mol. The number of rotatable bonds is 10. The first-order chi connectivity index (χ1) is 14.7. The summed E-state index contributed by atoms with van der Waals surface area (Å²) in [5, 5.41) is 10.2. The second kappa shape index (κ2) is 13.9. The summed E-state index contributed by atoms with van der Waals surface area (Å²) in [5.41, 5.74) is 2.38. The molecule has 0 amide bonds. The Morgan fingerprint density at radius 2 is 2.00 bits per heavy atom. The van der Waals surface area contributed by atoms with Crippen LogP contribution in [0.15, 0.2) is 34.6 Å². The van der Waals surface area contributed by atoms with E-state index in [0.29, 0.717) is 6.54 Å². The number of hydrogen-bond acceptors (Lipinski definition) is 5. The van der Waals surface area contributed by atoms with E-state index in [9.17, 15) is 0 Å². The van der Waals surface area contributed by atoms with Crippen LogP contribution in [0.25, 0.3) is 0 Å². The zero-order valence-electron chi connectivity index (χ0n) is 18.9. The topological polar surface area (TPSA) is 61.8 Å². The fourth-order valence-electron chi connectivity index (χ4n) is 3.86. The van der Waals surface area contributed by atoms with E-state index in [1.165, 1.54) is 23.4 Å². The van der Waals surface area contributed by atoms with Gasteiger partial charge < -0.3 is 15.4 Å². The van der Waals surface area contributed by atoms with Crippen LogP contribution in [-0.2, 0) is 12.8 Å². The number of para-hydroxylation sites is 1. The van der Waals surface area contributed by atoms with Gasteiger partial charge in [-0.2, -0.15) is 0 Å². The van der Waals surface area contributed by atoms with Crippen LogP contribution in [-0.4, -0.2) is 55.7 Å². The Bertz CT molecular complexity index is 807. The van der Waals surface area contributed by atoms with E-state index in [0.717, 1.165) is 56.4 Å². The molecule has 8 heteroatoms. The Kier molecular flexibility index (Phi) is 11.6. The second-order valence-electron chi connectivity index (χ2n) is 7.48. The molecular weight excluding hydrogens is 521 g/mol. The molecule has 1 aromatic heterocycles. The molecule has 1 fully saturated rings. The molecule has 0 bridgehead atoms. The number of aromatic nitrogens is 1. The predicted octanol–water partition coefficient (Wildman–Crippen LogP) is 4.27. The molecular formula is C23H36IN5OS. The van der Waals surface area contributed by atoms with Crippen LogP contribution in [0.3, 0.4) is 0 Å². The molecule has 2 aromatic rings. The molecule has 1 aromatic carbocycles. The van der Waals surface area contributed by atoms with Gasteiger partial charge in [-0.05, 0) is 45.3 Å². The Morgan fingerprint density at radius 1 is 1.23 bits per heavy atom. The molecule has 2 heterocycles. The van der Waals surface area contributed by atoms with Crippen molar-refractivity contribution in [1.82, 2.24) is 20.5 Å². The van der Waals surface area contributed by atoms with Gasteiger partial charge in [-0.15, -0.1) is 35.3 Å². The van der Waals surface area contributed by atoms with E-state index in [-0.39, 0.29) is 30.0 Å². The van der Waals surface area contributed by atoms with E-state index in [1.54, 1.807) is 18.4 Å². The van der Waals surface area contributed by atoms with Gasteiger partial charge >= 0.3 is 0 Å². The van der Waals surface area contributed by atoms with Crippen molar-refractivity contribution in [3.63, 3.8) is 0 Å². The van der Waals surface area contributed by atoms with Gasteiger partial charge in [0.25, 0.3) is 0 Å². The Morgan fingerprint density at radius 3 is 2.68 bits per heavy atom. The van der Waals surface area contributed by atoms with Gasteiger partial charge in [0.15, 0.2) is 5.96 Å². The van der Waals surface area contributed by atoms with E-state index in [1.807, 2.05) is 12.1 Å². The summed E-state index contributed by atoms with van der Waals surface area (Å²) in [5.74, 6) is 1.81. The summed E-state index contributed by atoms with van der Waals surface area (Å²) in [4.78, 5) is 12.1. The predicted molar refractivity (Wildman–Crippen MR) is 141 cm³/mol. The number of methoxy groups -OCH3 is 1. The first-order valence-electron chi connectivity index (χ1n) is 11.1. The molecule has 1 aliphatic rings. The SMILES string of the molecule is CCNC(=NCC(c1ccccc1OC)N1CCCC1)NCCc1csc(CC)n1.I. The molecule has 172 valence electrons. The van der Waals surface area contributed by atoms with E-state index in [2.05, 4.69) is 51.9 Å². The standard InChI is InChI=1S/C23H35N5OS.HI/c1-4-22-27-18(17-30-22)12-13-25-23(24-5-2)26-16-20(28-14-8-9-15-28)19-10-6-7-11-21(19)29-3;/h6-7,10-11,17,20H,4-5,8-9,12-16H2,1-3H3,(H2,24,25,26);1H. The van der Waals surface area contributed by atoms with Crippen molar-refractivity contribution in [3.05, 3.63) is 45.9 Å². The van der Waals surface area contributed by atoms with Gasteiger partial charge in [0.1, 0.15) is 5.75 Å². The van der Waals surface area contributed by atoms with Crippen molar-refractivity contribution >= 4 is 41.3 Å². The van der Waals surface area contributed by atoms with Gasteiger partial charge in [-0.3, -0.25) is 9.89 Å². The highest BCUT2D eigenvalue weighted by Crippen LogP contribution is 2.31. The third-order valence-electron chi connectivity index (χ3n) is 5.42. The van der Waals surface area contributed by atoms with Crippen molar-refractivity contribution in [2.75, 3.05) is 39.8 Å². The highest BCUT2D eigenvalue weighted by atomic mass is 127. The van der Waals surface area contributed by atoms with Crippen LogP contribution in [0.1, 0.15) is 49.0 Å². The molecule has 1 saturated heterocycles. The number of halogens is 1. The maximum atomic E-state index is 5.65. The maximum absolute atomic E-state index is 5.65. The minimum atomic E-state index is 0. The first-order valence-corrected chi connectivity index (χ1v) is 12.0. The van der Waals surface area contributed by atoms with Gasteiger partial charge in [0.2, 0.25) is 0 Å². The number of guanidine groups is 1. The smallest absolute Gasteiger partial charge is 0.191 e. The number of aryl methyl sites for hydroxylation is 1. The maximum Gasteiger partial charge on any atom is 0.191 e. The number of aliphatic imine (C=N–C) groups is 1. The van der Waals surface area contributed by atoms with E-state index >= 15 is 0 Å². The summed E-state index contributed by atoms with van der Waals surface area (Å²) in [6.07, 6.45) is 4.41. The van der Waals surface area contributed by atoms with Crippen LogP contribution >= 0.6 is 35.3 Å². The highest BCUT2D eigenvalue weighted by molar-refractivity contribution is 14.0. The Labute approximate surface area is 207 Å². The molecule has 6 nitrogen and oxygen atoms in total. The van der Waals surface area contributed by atoms with Gasteiger partial charge in [-0.25, -0.2) is 4.98 Å². The molecule has 2 N–H and O–H groups in total. The highest BCUT2D eigenvalue weighted by Gasteiger charge is 2.25. The lowest BCUT2D eigenvalue weighted by Crippen LogP contribution is -2.39. The molecule has 1 aliphatic heterocycles. The number of hydrogen-bond donors (Lipinski definition) is 2. The van der Waals surface area contributed by atoms with Crippen molar-refractivity contribution < 1.29 is 4.74 Å². The first kappa shape index (κ1) is 25.9. The zero-order valence-corrected chi connectivity index (χ0v) is 22.0. The van der Waals surface area contributed by atoms with Crippen LogP contribution in [0.2, 0.25) is 0 Å². The molecule has 1 unspecified atom stereocenters. The van der Waals surface area contributed by atoms with Crippen LogP contribution < -0.4 is 15.4 Å². The summed E-state index contributed by atoms with van der Waals surface area (Å²) in [7, 11) is 1.75. The third-order valence-corrected chi connectivity index (χ3v) is 6.46. The summed E-state index contributed by atoms with van der Waals surface area (Å²) in [6.45, 7) is 8.84. The van der Waals surface area contributed by atoms with Crippen LogP contribution in [0.5, 0.6) is 5.75 Å². The lowest BCUT2D eigenvalue weighted by Gasteiger charge is -2.28. The number of likely N-dealkylation sites (tertiary alicyclic amines) is 1. The fraction of sp³-hybridized carbons (Fsp3) is 0.565. The monoisotopic (exact) mass is 557 g/mol. The van der Waals surface area contributed by atoms with Gasteiger partial charge in [0.05, 0.1) is 30.4 Å². The number of nitrogens with zero attached hydrogens (tertiary/aromatic N) is 3. The summed E-state index contributed by atoms with van der Waals surface area (Å²) < 4.78 is 5.65. The number of ether oxygens (including phenoxy) is 1. The lowest BCUT2D eigenvalue weighted by atomic mass is 10.0. The average Bonchev–Trinajstić information content (AvgIpc) is 3.46. The molecule has 0 radical (unpaired) electrons. The fourth-order valence-corrected chi connectivity index (χ4v) is 4.64. The quantitative estimate of drug-likeness (QED) is 0.260. The third kappa shape index (κ3) is 7.61. The number of nitrogens with one attached hydrogen (secondary N) is 2. The van der Waals surface area contributed by atoms with Crippen molar-refractivity contribution in [2.45, 2.75) is 45.6 Å². The molecule has 1 atom stereocenters. The van der Waals surface area contributed by atoms with Gasteiger partial charge in [-0.1, -0.05) is 25.1 Å². The second-order valence-corrected chi connectivity index (χ2v) is 8.43. The largest absolute Gasteiger partial charge is 0.496 e. The van der Waals surface area contributed by atoms with Crippen molar-refractivity contribution in [1.29, 1.82) is 0 Å². The molecule has 3 rings (SSSR count). The Hall–Kier alpha value is -1.39. The summed E-state index contributed by atoms with van der Waals surface area (Å²) in [6, 6.07) is 8.56. The summed E-state index contributed by atoms with van der Waals surface area (Å²) >= 11 is 1.75. The van der Waals surface area contributed by atoms with E-state index < -0.39 is 0 Å². The molecule has 0 spiro atoms. The molecule has 31 heavy (non-hydrogen) atoms.